The molecule has 0 saturated carbocycles. The smallest absolute Gasteiger partial charge is 0.308 e. The number of aryl methyl sites for hydroxylation is 1. The van der Waals surface area contributed by atoms with E-state index < -0.39 is 22.0 Å². The van der Waals surface area contributed by atoms with Crippen molar-refractivity contribution >= 4 is 72.1 Å². The van der Waals surface area contributed by atoms with E-state index in [1.165, 1.54) is 18.2 Å². The average Bonchev–Trinajstić information content (AvgIpc) is 3.01. The Morgan fingerprint density at radius 1 is 1.16 bits per heavy atom. The second-order valence-corrected chi connectivity index (χ2v) is 10.5. The summed E-state index contributed by atoms with van der Waals surface area (Å²) in [4.78, 5) is 25.1. The molecule has 2 aromatic carbocycles. The molecular formula is C20H21Cl2N3O4S2. The fraction of sp³-hybridized carbons (Fsp3) is 0.300. The van der Waals surface area contributed by atoms with Crippen LogP contribution in [0.5, 0.6) is 0 Å². The van der Waals surface area contributed by atoms with Crippen molar-refractivity contribution in [3.63, 3.8) is 0 Å². The summed E-state index contributed by atoms with van der Waals surface area (Å²) < 4.78 is 28.6. The lowest BCUT2D eigenvalue weighted by atomic mass is 10.1. The summed E-state index contributed by atoms with van der Waals surface area (Å²) in [5.74, 6) is -0.499. The molecule has 3 aromatic rings. The number of fused-ring (bicyclic) bond motifs is 1. The number of halogens is 2. The van der Waals surface area contributed by atoms with Gasteiger partial charge in [0.25, 0.3) is 0 Å². The maximum absolute atomic E-state index is 13.1. The molecule has 1 unspecified atom stereocenters. The van der Waals surface area contributed by atoms with Crippen LogP contribution in [0, 0.1) is 0 Å². The van der Waals surface area contributed by atoms with Gasteiger partial charge < -0.3 is 5.32 Å². The predicted molar refractivity (Wildman–Crippen MR) is 128 cm³/mol. The minimum Gasteiger partial charge on any atom is -0.324 e. The molecule has 0 aliphatic heterocycles. The van der Waals surface area contributed by atoms with Gasteiger partial charge >= 0.3 is 4.87 Å². The minimum absolute atomic E-state index is 0.0738. The number of anilines is 2. The van der Waals surface area contributed by atoms with Crippen molar-refractivity contribution in [3.05, 3.63) is 56.1 Å². The highest BCUT2D eigenvalue weighted by atomic mass is 35.5. The number of thiazole rings is 1. The van der Waals surface area contributed by atoms with Gasteiger partial charge in [0.15, 0.2) is 0 Å². The second kappa shape index (κ2) is 9.20. The summed E-state index contributed by atoms with van der Waals surface area (Å²) in [5.41, 5.74) is 1.51. The standard InChI is InChI=1S/C20H21Cl2N3O4S2/c1-4-16(25(31(3,28)29)13-7-8-14(21)15(22)11-13)19(26)23-12-6-9-17-18(10-12)30-20(27)24(17)5-2/h6-11,16H,4-5H2,1-3H3,(H,23,26). The third-order valence-electron chi connectivity index (χ3n) is 4.74. The molecule has 11 heteroatoms. The number of benzene rings is 2. The first kappa shape index (κ1) is 23.6. The van der Waals surface area contributed by atoms with Gasteiger partial charge in [-0.1, -0.05) is 41.5 Å². The highest BCUT2D eigenvalue weighted by Gasteiger charge is 2.32. The number of amides is 1. The van der Waals surface area contributed by atoms with Gasteiger partial charge in [-0.15, -0.1) is 0 Å². The third-order valence-corrected chi connectivity index (χ3v) is 7.60. The third kappa shape index (κ3) is 4.90. The molecule has 1 atom stereocenters. The van der Waals surface area contributed by atoms with Crippen molar-refractivity contribution in [2.24, 2.45) is 0 Å². The van der Waals surface area contributed by atoms with E-state index in [0.29, 0.717) is 12.2 Å². The highest BCUT2D eigenvalue weighted by molar-refractivity contribution is 7.92. The Morgan fingerprint density at radius 2 is 1.87 bits per heavy atom. The van der Waals surface area contributed by atoms with E-state index in [1.54, 1.807) is 29.7 Å². The molecule has 0 radical (unpaired) electrons. The van der Waals surface area contributed by atoms with Gasteiger partial charge in [0, 0.05) is 12.2 Å². The summed E-state index contributed by atoms with van der Waals surface area (Å²) in [6.07, 6.45) is 1.25. The normalized spacial score (nSPS) is 12.7. The fourth-order valence-corrected chi connectivity index (χ4v) is 5.84. The number of hydrogen-bond donors (Lipinski definition) is 1. The van der Waals surface area contributed by atoms with Gasteiger partial charge in [-0.25, -0.2) is 8.42 Å². The Balaban J connectivity index is 1.95. The van der Waals surface area contributed by atoms with E-state index in [-0.39, 0.29) is 27.0 Å². The van der Waals surface area contributed by atoms with Crippen LogP contribution < -0.4 is 14.5 Å². The first-order valence-electron chi connectivity index (χ1n) is 9.45. The fourth-order valence-electron chi connectivity index (χ4n) is 3.35. The summed E-state index contributed by atoms with van der Waals surface area (Å²) in [6, 6.07) is 8.55. The Bertz CT molecular complexity index is 1300. The lowest BCUT2D eigenvalue weighted by Crippen LogP contribution is -2.47. The Morgan fingerprint density at radius 3 is 2.45 bits per heavy atom. The molecule has 0 saturated heterocycles. The van der Waals surface area contributed by atoms with E-state index in [9.17, 15) is 18.0 Å². The van der Waals surface area contributed by atoms with Crippen LogP contribution in [0.25, 0.3) is 10.2 Å². The molecule has 1 amide bonds. The van der Waals surface area contributed by atoms with Gasteiger partial charge in [-0.05, 0) is 49.7 Å². The molecule has 0 fully saturated rings. The van der Waals surface area contributed by atoms with Crippen LogP contribution in [0.3, 0.4) is 0 Å². The largest absolute Gasteiger partial charge is 0.324 e. The van der Waals surface area contributed by atoms with E-state index in [0.717, 1.165) is 32.1 Å². The van der Waals surface area contributed by atoms with Crippen molar-refractivity contribution in [2.45, 2.75) is 32.9 Å². The maximum Gasteiger partial charge on any atom is 0.308 e. The molecule has 0 spiro atoms. The molecule has 3 rings (SSSR count). The van der Waals surface area contributed by atoms with Gasteiger partial charge in [0.2, 0.25) is 15.9 Å². The molecule has 166 valence electrons. The zero-order valence-electron chi connectivity index (χ0n) is 17.1. The Kier molecular flexibility index (Phi) is 7.00. The second-order valence-electron chi connectivity index (χ2n) is 6.87. The lowest BCUT2D eigenvalue weighted by Gasteiger charge is -2.30. The number of rotatable bonds is 7. The molecular weight excluding hydrogens is 481 g/mol. The zero-order valence-corrected chi connectivity index (χ0v) is 20.2. The molecule has 1 N–H and O–H groups in total. The number of sulfonamides is 1. The molecule has 1 heterocycles. The molecule has 0 aliphatic rings. The van der Waals surface area contributed by atoms with E-state index in [4.69, 9.17) is 23.2 Å². The van der Waals surface area contributed by atoms with Gasteiger partial charge in [-0.2, -0.15) is 0 Å². The molecule has 1 aromatic heterocycles. The van der Waals surface area contributed by atoms with Crippen molar-refractivity contribution < 1.29 is 13.2 Å². The van der Waals surface area contributed by atoms with Gasteiger partial charge in [0.05, 0.1) is 32.2 Å². The monoisotopic (exact) mass is 501 g/mol. The number of carbonyl (C=O) groups is 1. The van der Waals surface area contributed by atoms with E-state index >= 15 is 0 Å². The van der Waals surface area contributed by atoms with Crippen LogP contribution in [0.1, 0.15) is 20.3 Å². The molecule has 0 bridgehead atoms. The van der Waals surface area contributed by atoms with Crippen LogP contribution in [0.4, 0.5) is 11.4 Å². The number of hydrogen-bond acceptors (Lipinski definition) is 5. The first-order chi connectivity index (χ1) is 14.6. The quantitative estimate of drug-likeness (QED) is 0.513. The van der Waals surface area contributed by atoms with E-state index in [1.807, 2.05) is 6.92 Å². The zero-order chi connectivity index (χ0) is 22.9. The van der Waals surface area contributed by atoms with Crippen LogP contribution in [-0.4, -0.2) is 31.2 Å². The topological polar surface area (TPSA) is 88.5 Å². The van der Waals surface area contributed by atoms with Gasteiger partial charge in [0.1, 0.15) is 6.04 Å². The van der Waals surface area contributed by atoms with Crippen molar-refractivity contribution in [1.29, 1.82) is 0 Å². The summed E-state index contributed by atoms with van der Waals surface area (Å²) in [6.45, 7) is 4.16. The highest BCUT2D eigenvalue weighted by Crippen LogP contribution is 2.31. The number of aromatic nitrogens is 1. The average molecular weight is 502 g/mol. The summed E-state index contributed by atoms with van der Waals surface area (Å²) >= 11 is 13.1. The van der Waals surface area contributed by atoms with Crippen LogP contribution in [0.15, 0.2) is 41.2 Å². The first-order valence-corrected chi connectivity index (χ1v) is 12.9. The molecule has 0 aliphatic carbocycles. The van der Waals surface area contributed by atoms with E-state index in [2.05, 4.69) is 5.32 Å². The van der Waals surface area contributed by atoms with Crippen molar-refractivity contribution in [1.82, 2.24) is 4.57 Å². The van der Waals surface area contributed by atoms with Crippen molar-refractivity contribution in [3.8, 4) is 0 Å². The van der Waals surface area contributed by atoms with Gasteiger partial charge in [-0.3, -0.25) is 18.5 Å². The lowest BCUT2D eigenvalue weighted by molar-refractivity contribution is -0.117. The number of nitrogens with zero attached hydrogens (tertiary/aromatic N) is 2. The summed E-state index contributed by atoms with van der Waals surface area (Å²) in [5, 5.41) is 3.24. The van der Waals surface area contributed by atoms with Crippen LogP contribution in [-0.2, 0) is 21.4 Å². The molecule has 31 heavy (non-hydrogen) atoms. The molecule has 7 nitrogen and oxygen atoms in total. The Labute approximate surface area is 194 Å². The van der Waals surface area contributed by atoms with Crippen LogP contribution in [0.2, 0.25) is 10.0 Å². The SMILES string of the molecule is CCC(C(=O)Nc1ccc2c(c1)sc(=O)n2CC)N(c1ccc(Cl)c(Cl)c1)S(C)(=O)=O. The Hall–Kier alpha value is -2.07. The number of carbonyl (C=O) groups excluding carboxylic acids is 1. The minimum atomic E-state index is -3.81. The van der Waals surface area contributed by atoms with Crippen LogP contribution >= 0.6 is 34.5 Å². The predicted octanol–water partition coefficient (Wildman–Crippen LogP) is 4.57. The number of nitrogens with one attached hydrogen (secondary N) is 1. The van der Waals surface area contributed by atoms with Crippen molar-refractivity contribution in [2.75, 3.05) is 15.9 Å². The summed E-state index contributed by atoms with van der Waals surface area (Å²) in [7, 11) is -3.81. The maximum atomic E-state index is 13.1.